The first-order valence-corrected chi connectivity index (χ1v) is 11.9. The zero-order chi connectivity index (χ0) is 24.5. The van der Waals surface area contributed by atoms with Gasteiger partial charge in [-0.1, -0.05) is 18.2 Å². The van der Waals surface area contributed by atoms with Crippen LogP contribution in [0.2, 0.25) is 0 Å². The van der Waals surface area contributed by atoms with E-state index in [2.05, 4.69) is 16.0 Å². The number of carbonyl (C=O) groups excluding carboxylic acids is 1. The molecule has 2 aliphatic heterocycles. The molecule has 0 bridgehead atoms. The van der Waals surface area contributed by atoms with Crippen LogP contribution in [0.3, 0.4) is 0 Å². The minimum Gasteiger partial charge on any atom is -0.454 e. The lowest BCUT2D eigenvalue weighted by Crippen LogP contribution is -2.48. The number of nitrogens with zero attached hydrogens (tertiary/aromatic N) is 3. The summed E-state index contributed by atoms with van der Waals surface area (Å²) in [5.41, 5.74) is 3.07. The van der Waals surface area contributed by atoms with Gasteiger partial charge in [0.05, 0.1) is 11.8 Å². The van der Waals surface area contributed by atoms with Crippen molar-refractivity contribution in [1.29, 1.82) is 0 Å². The molecular weight excluding hydrogens is 461 g/mol. The third kappa shape index (κ3) is 4.43. The summed E-state index contributed by atoms with van der Waals surface area (Å²) in [5, 5.41) is 0. The van der Waals surface area contributed by atoms with Crippen LogP contribution >= 0.6 is 0 Å². The Morgan fingerprint density at radius 1 is 0.917 bits per heavy atom. The van der Waals surface area contributed by atoms with Crippen molar-refractivity contribution >= 4 is 5.91 Å². The van der Waals surface area contributed by atoms with Crippen molar-refractivity contribution in [1.82, 2.24) is 14.8 Å². The number of hydrogen-bond acceptors (Lipinski definition) is 6. The van der Waals surface area contributed by atoms with E-state index >= 15 is 0 Å². The summed E-state index contributed by atoms with van der Waals surface area (Å²) in [5.74, 6) is 2.08. The van der Waals surface area contributed by atoms with Crippen LogP contribution in [-0.2, 0) is 6.54 Å². The summed E-state index contributed by atoms with van der Waals surface area (Å²) in [6.45, 7) is 3.86. The molecule has 1 aromatic heterocycles. The van der Waals surface area contributed by atoms with Crippen molar-refractivity contribution in [2.45, 2.75) is 6.54 Å². The third-order valence-electron chi connectivity index (χ3n) is 6.52. The SMILES string of the molecule is O=C(c1ccccc1-c1ncc(-c2ccc(F)cc2)o1)N1CCN(Cc2ccc3c(c2)OCO3)CC1. The minimum absolute atomic E-state index is 0.0464. The number of fused-ring (bicyclic) bond motifs is 1. The molecule has 3 aromatic carbocycles. The molecule has 0 unspecified atom stereocenters. The fourth-order valence-corrected chi connectivity index (χ4v) is 4.58. The van der Waals surface area contributed by atoms with Gasteiger partial charge >= 0.3 is 0 Å². The van der Waals surface area contributed by atoms with E-state index in [-0.39, 0.29) is 18.5 Å². The van der Waals surface area contributed by atoms with Gasteiger partial charge in [-0.25, -0.2) is 9.37 Å². The van der Waals surface area contributed by atoms with E-state index in [1.54, 1.807) is 24.4 Å². The Morgan fingerprint density at radius 2 is 1.69 bits per heavy atom. The van der Waals surface area contributed by atoms with Crippen molar-refractivity contribution < 1.29 is 23.1 Å². The number of amides is 1. The molecule has 8 heteroatoms. The summed E-state index contributed by atoms with van der Waals surface area (Å²) in [7, 11) is 0. The summed E-state index contributed by atoms with van der Waals surface area (Å²) in [4.78, 5) is 22.1. The molecule has 1 saturated heterocycles. The Kier molecular flexibility index (Phi) is 5.87. The second-order valence-electron chi connectivity index (χ2n) is 8.84. The molecule has 3 heterocycles. The zero-order valence-electron chi connectivity index (χ0n) is 19.5. The predicted molar refractivity (Wildman–Crippen MR) is 131 cm³/mol. The van der Waals surface area contributed by atoms with Crippen LogP contribution in [0, 0.1) is 5.82 Å². The van der Waals surface area contributed by atoms with E-state index in [0.717, 1.165) is 42.3 Å². The number of ether oxygens (including phenoxy) is 2. The average Bonchev–Trinajstić information content (AvgIpc) is 3.59. The Hall–Kier alpha value is -4.17. The number of benzene rings is 3. The molecule has 36 heavy (non-hydrogen) atoms. The van der Waals surface area contributed by atoms with Crippen molar-refractivity contribution in [3.8, 4) is 34.3 Å². The van der Waals surface area contributed by atoms with E-state index < -0.39 is 0 Å². The molecule has 6 rings (SSSR count). The zero-order valence-corrected chi connectivity index (χ0v) is 19.5. The van der Waals surface area contributed by atoms with Crippen LogP contribution in [0.1, 0.15) is 15.9 Å². The molecule has 182 valence electrons. The van der Waals surface area contributed by atoms with Gasteiger partial charge in [-0.05, 0) is 54.1 Å². The Bertz CT molecular complexity index is 1390. The van der Waals surface area contributed by atoms with Crippen molar-refractivity contribution in [2.75, 3.05) is 33.0 Å². The molecule has 0 spiro atoms. The van der Waals surface area contributed by atoms with E-state index in [1.165, 1.54) is 12.1 Å². The number of oxazole rings is 1. The van der Waals surface area contributed by atoms with Gasteiger partial charge in [-0.15, -0.1) is 0 Å². The Balaban J connectivity index is 1.14. The summed E-state index contributed by atoms with van der Waals surface area (Å²) in [6.07, 6.45) is 1.60. The maximum Gasteiger partial charge on any atom is 0.254 e. The van der Waals surface area contributed by atoms with Crippen LogP contribution in [-0.4, -0.2) is 53.7 Å². The van der Waals surface area contributed by atoms with Gasteiger partial charge in [0.25, 0.3) is 5.91 Å². The lowest BCUT2D eigenvalue weighted by molar-refractivity contribution is 0.0629. The molecule has 7 nitrogen and oxygen atoms in total. The number of aromatic nitrogens is 1. The molecular formula is C28H24FN3O4. The number of piperazine rings is 1. The van der Waals surface area contributed by atoms with E-state index in [0.29, 0.717) is 35.9 Å². The van der Waals surface area contributed by atoms with Crippen LogP contribution in [0.5, 0.6) is 11.5 Å². The van der Waals surface area contributed by atoms with E-state index in [1.807, 2.05) is 35.2 Å². The second-order valence-corrected chi connectivity index (χ2v) is 8.84. The molecule has 0 saturated carbocycles. The standard InChI is InChI=1S/C28H24FN3O4/c29-21-8-6-20(7-9-21)26-16-30-27(36-26)22-3-1-2-4-23(22)28(33)32-13-11-31(12-14-32)17-19-5-10-24-25(15-19)35-18-34-24/h1-10,15-16H,11-14,17-18H2. The fourth-order valence-electron chi connectivity index (χ4n) is 4.58. The van der Waals surface area contributed by atoms with Gasteiger partial charge < -0.3 is 18.8 Å². The molecule has 0 atom stereocenters. The van der Waals surface area contributed by atoms with Crippen molar-refractivity contribution in [2.24, 2.45) is 0 Å². The fraction of sp³-hybridized carbons (Fsp3) is 0.214. The van der Waals surface area contributed by atoms with Crippen molar-refractivity contribution in [3.05, 3.63) is 89.9 Å². The van der Waals surface area contributed by atoms with Gasteiger partial charge in [0.15, 0.2) is 17.3 Å². The molecule has 0 N–H and O–H groups in total. The van der Waals surface area contributed by atoms with Gasteiger partial charge in [0.1, 0.15) is 5.82 Å². The van der Waals surface area contributed by atoms with E-state index in [4.69, 9.17) is 13.9 Å². The lowest BCUT2D eigenvalue weighted by Gasteiger charge is -2.35. The molecule has 0 radical (unpaired) electrons. The van der Waals surface area contributed by atoms with Gasteiger partial charge in [0, 0.05) is 43.9 Å². The highest BCUT2D eigenvalue weighted by molar-refractivity contribution is 6.00. The first-order valence-electron chi connectivity index (χ1n) is 11.9. The highest BCUT2D eigenvalue weighted by Crippen LogP contribution is 2.33. The first-order chi connectivity index (χ1) is 17.6. The normalized spacial score (nSPS) is 15.3. The molecule has 1 fully saturated rings. The number of carbonyl (C=O) groups is 1. The molecule has 2 aliphatic rings. The largest absolute Gasteiger partial charge is 0.454 e. The maximum absolute atomic E-state index is 13.5. The monoisotopic (exact) mass is 485 g/mol. The van der Waals surface area contributed by atoms with Gasteiger partial charge in [-0.3, -0.25) is 9.69 Å². The van der Waals surface area contributed by atoms with E-state index in [9.17, 15) is 9.18 Å². The second kappa shape index (κ2) is 9.47. The number of hydrogen-bond donors (Lipinski definition) is 0. The van der Waals surface area contributed by atoms with Crippen LogP contribution in [0.15, 0.2) is 77.3 Å². The quantitative estimate of drug-likeness (QED) is 0.403. The predicted octanol–water partition coefficient (Wildman–Crippen LogP) is 4.83. The minimum atomic E-state index is -0.314. The summed E-state index contributed by atoms with van der Waals surface area (Å²) < 4.78 is 30.1. The van der Waals surface area contributed by atoms with Crippen LogP contribution in [0.25, 0.3) is 22.8 Å². The maximum atomic E-state index is 13.5. The smallest absolute Gasteiger partial charge is 0.254 e. The summed E-state index contributed by atoms with van der Waals surface area (Å²) >= 11 is 0. The van der Waals surface area contributed by atoms with Crippen LogP contribution in [0.4, 0.5) is 4.39 Å². The number of rotatable bonds is 5. The molecule has 0 aliphatic carbocycles. The molecule has 4 aromatic rings. The lowest BCUT2D eigenvalue weighted by atomic mass is 10.1. The molecule has 1 amide bonds. The van der Waals surface area contributed by atoms with Crippen LogP contribution < -0.4 is 9.47 Å². The van der Waals surface area contributed by atoms with Crippen molar-refractivity contribution in [3.63, 3.8) is 0 Å². The third-order valence-corrected chi connectivity index (χ3v) is 6.52. The average molecular weight is 486 g/mol. The Labute approximate surface area is 207 Å². The summed E-state index contributed by atoms with van der Waals surface area (Å²) in [6, 6.07) is 19.4. The Morgan fingerprint density at radius 3 is 2.53 bits per heavy atom. The number of halogens is 1. The van der Waals surface area contributed by atoms with Gasteiger partial charge in [-0.2, -0.15) is 0 Å². The topological polar surface area (TPSA) is 68.0 Å². The first kappa shape index (κ1) is 22.3. The van der Waals surface area contributed by atoms with Gasteiger partial charge in [0.2, 0.25) is 12.7 Å². The highest BCUT2D eigenvalue weighted by Gasteiger charge is 2.26. The highest BCUT2D eigenvalue weighted by atomic mass is 19.1.